The minimum absolute atomic E-state index is 0.0321. The standard InChI is InChI=1S/C18H19N3OS/c1-3-15(17-10-7-11-23-17)19-18(22)16-12-13(2)21(20-16)14-8-5-4-6-9-14/h4-12,15H,3H2,1-2H3,(H,19,22). The molecule has 1 aromatic carbocycles. The number of carbonyl (C=O) groups excluding carboxylic acids is 1. The number of amides is 1. The van der Waals surface area contributed by atoms with E-state index in [0.717, 1.165) is 17.8 Å². The molecule has 0 aliphatic rings. The molecule has 0 fully saturated rings. The van der Waals surface area contributed by atoms with E-state index in [-0.39, 0.29) is 11.9 Å². The summed E-state index contributed by atoms with van der Waals surface area (Å²) < 4.78 is 1.79. The summed E-state index contributed by atoms with van der Waals surface area (Å²) in [4.78, 5) is 13.7. The lowest BCUT2D eigenvalue weighted by atomic mass is 10.2. The molecule has 0 aliphatic heterocycles. The molecule has 0 saturated carbocycles. The van der Waals surface area contributed by atoms with Gasteiger partial charge in [0.05, 0.1) is 11.7 Å². The molecule has 23 heavy (non-hydrogen) atoms. The molecule has 0 saturated heterocycles. The smallest absolute Gasteiger partial charge is 0.272 e. The lowest BCUT2D eigenvalue weighted by molar-refractivity contribution is 0.0931. The number of aryl methyl sites for hydroxylation is 1. The van der Waals surface area contributed by atoms with E-state index in [0.29, 0.717) is 5.69 Å². The number of carbonyl (C=O) groups is 1. The Bertz CT molecular complexity index is 778. The maximum atomic E-state index is 12.5. The summed E-state index contributed by atoms with van der Waals surface area (Å²) in [6.45, 7) is 4.02. The lowest BCUT2D eigenvalue weighted by Gasteiger charge is -2.14. The minimum Gasteiger partial charge on any atom is -0.343 e. The Morgan fingerprint density at radius 1 is 1.26 bits per heavy atom. The topological polar surface area (TPSA) is 46.9 Å². The van der Waals surface area contributed by atoms with Crippen LogP contribution in [0.1, 0.15) is 40.4 Å². The van der Waals surface area contributed by atoms with Gasteiger partial charge < -0.3 is 5.32 Å². The van der Waals surface area contributed by atoms with Crippen LogP contribution in [0.4, 0.5) is 0 Å². The first-order valence-corrected chi connectivity index (χ1v) is 8.53. The Kier molecular flexibility index (Phi) is 4.57. The molecule has 2 heterocycles. The second-order valence-corrected chi connectivity index (χ2v) is 6.35. The summed E-state index contributed by atoms with van der Waals surface area (Å²) in [5.41, 5.74) is 2.33. The van der Waals surface area contributed by atoms with Crippen molar-refractivity contribution in [2.24, 2.45) is 0 Å². The van der Waals surface area contributed by atoms with Gasteiger partial charge in [-0.05, 0) is 43.0 Å². The van der Waals surface area contributed by atoms with Gasteiger partial charge in [0, 0.05) is 10.6 Å². The van der Waals surface area contributed by atoms with Gasteiger partial charge in [-0.3, -0.25) is 4.79 Å². The van der Waals surface area contributed by atoms with Crippen LogP contribution < -0.4 is 5.32 Å². The normalized spacial score (nSPS) is 12.1. The van der Waals surface area contributed by atoms with Crippen LogP contribution in [0.2, 0.25) is 0 Å². The van der Waals surface area contributed by atoms with Gasteiger partial charge in [-0.1, -0.05) is 31.2 Å². The summed E-state index contributed by atoms with van der Waals surface area (Å²) in [6.07, 6.45) is 0.852. The third-order valence-electron chi connectivity index (χ3n) is 3.72. The first-order valence-electron chi connectivity index (χ1n) is 7.65. The van der Waals surface area contributed by atoms with Gasteiger partial charge >= 0.3 is 0 Å². The molecule has 5 heteroatoms. The quantitative estimate of drug-likeness (QED) is 0.767. The molecule has 0 radical (unpaired) electrons. The van der Waals surface area contributed by atoms with Crippen molar-refractivity contribution in [1.29, 1.82) is 0 Å². The van der Waals surface area contributed by atoms with E-state index >= 15 is 0 Å². The average Bonchev–Trinajstić information content (AvgIpc) is 3.23. The number of thiophene rings is 1. The summed E-state index contributed by atoms with van der Waals surface area (Å²) in [5, 5.41) is 9.56. The fourth-order valence-electron chi connectivity index (χ4n) is 2.51. The molecule has 1 amide bonds. The van der Waals surface area contributed by atoms with Crippen LogP contribution in [0.5, 0.6) is 0 Å². The van der Waals surface area contributed by atoms with Crippen molar-refractivity contribution in [2.75, 3.05) is 0 Å². The summed E-state index contributed by atoms with van der Waals surface area (Å²) in [6, 6.07) is 15.7. The van der Waals surface area contributed by atoms with Crippen molar-refractivity contribution in [3.63, 3.8) is 0 Å². The Morgan fingerprint density at radius 3 is 2.70 bits per heavy atom. The molecule has 2 aromatic heterocycles. The third-order valence-corrected chi connectivity index (χ3v) is 4.71. The molecule has 1 N–H and O–H groups in total. The van der Waals surface area contributed by atoms with E-state index in [2.05, 4.69) is 17.3 Å². The molecule has 3 aromatic rings. The first kappa shape index (κ1) is 15.5. The van der Waals surface area contributed by atoms with Crippen LogP contribution in [-0.4, -0.2) is 15.7 Å². The molecule has 3 rings (SSSR count). The highest BCUT2D eigenvalue weighted by Crippen LogP contribution is 2.22. The third kappa shape index (κ3) is 3.35. The average molecular weight is 325 g/mol. The maximum Gasteiger partial charge on any atom is 0.272 e. The molecule has 118 valence electrons. The van der Waals surface area contributed by atoms with Gasteiger partial charge in [-0.25, -0.2) is 4.68 Å². The van der Waals surface area contributed by atoms with Crippen molar-refractivity contribution >= 4 is 17.2 Å². The number of rotatable bonds is 5. The Balaban J connectivity index is 1.81. The molecule has 0 spiro atoms. The number of para-hydroxylation sites is 1. The number of hydrogen-bond acceptors (Lipinski definition) is 3. The number of benzene rings is 1. The fraction of sp³-hybridized carbons (Fsp3) is 0.222. The first-order chi connectivity index (χ1) is 11.2. The molecular formula is C18H19N3OS. The Labute approximate surface area is 139 Å². The SMILES string of the molecule is CCC(NC(=O)c1cc(C)n(-c2ccccc2)n1)c1cccs1. The van der Waals surface area contributed by atoms with Crippen LogP contribution in [0.15, 0.2) is 53.9 Å². The highest BCUT2D eigenvalue weighted by molar-refractivity contribution is 7.10. The van der Waals surface area contributed by atoms with Crippen molar-refractivity contribution in [3.05, 3.63) is 70.2 Å². The number of aromatic nitrogens is 2. The highest BCUT2D eigenvalue weighted by atomic mass is 32.1. The molecule has 1 atom stereocenters. The molecule has 0 aliphatic carbocycles. The van der Waals surface area contributed by atoms with E-state index in [1.165, 1.54) is 4.88 Å². The van der Waals surface area contributed by atoms with Crippen LogP contribution in [-0.2, 0) is 0 Å². The Hall–Kier alpha value is -2.40. The number of nitrogens with one attached hydrogen (secondary N) is 1. The van der Waals surface area contributed by atoms with Crippen molar-refractivity contribution in [1.82, 2.24) is 15.1 Å². The van der Waals surface area contributed by atoms with Crippen molar-refractivity contribution in [3.8, 4) is 5.69 Å². The lowest BCUT2D eigenvalue weighted by Crippen LogP contribution is -2.28. The zero-order valence-corrected chi connectivity index (χ0v) is 14.0. The Morgan fingerprint density at radius 2 is 2.04 bits per heavy atom. The van der Waals surface area contributed by atoms with Gasteiger partial charge in [0.2, 0.25) is 0 Å². The molecule has 1 unspecified atom stereocenters. The fourth-order valence-corrected chi connectivity index (χ4v) is 3.37. The van der Waals surface area contributed by atoms with Crippen LogP contribution in [0.25, 0.3) is 5.69 Å². The van der Waals surface area contributed by atoms with Gasteiger partial charge in [0.15, 0.2) is 5.69 Å². The number of hydrogen-bond donors (Lipinski definition) is 1. The van der Waals surface area contributed by atoms with E-state index in [9.17, 15) is 4.79 Å². The second-order valence-electron chi connectivity index (χ2n) is 5.37. The zero-order valence-electron chi connectivity index (χ0n) is 13.2. The largest absolute Gasteiger partial charge is 0.343 e. The zero-order chi connectivity index (χ0) is 16.2. The summed E-state index contributed by atoms with van der Waals surface area (Å²) >= 11 is 1.66. The second kappa shape index (κ2) is 6.79. The minimum atomic E-state index is -0.136. The van der Waals surface area contributed by atoms with E-state index in [1.54, 1.807) is 16.0 Å². The van der Waals surface area contributed by atoms with Crippen LogP contribution in [0, 0.1) is 6.92 Å². The predicted molar refractivity (Wildman–Crippen MR) is 93.1 cm³/mol. The van der Waals surface area contributed by atoms with Crippen molar-refractivity contribution in [2.45, 2.75) is 26.3 Å². The van der Waals surface area contributed by atoms with Gasteiger partial charge in [0.1, 0.15) is 0 Å². The monoisotopic (exact) mass is 325 g/mol. The van der Waals surface area contributed by atoms with Crippen molar-refractivity contribution < 1.29 is 4.79 Å². The van der Waals surface area contributed by atoms with Crippen LogP contribution >= 0.6 is 11.3 Å². The van der Waals surface area contributed by atoms with E-state index < -0.39 is 0 Å². The molecule has 4 nitrogen and oxygen atoms in total. The van der Waals surface area contributed by atoms with Gasteiger partial charge in [0.25, 0.3) is 5.91 Å². The predicted octanol–water partition coefficient (Wildman–Crippen LogP) is 4.12. The summed E-state index contributed by atoms with van der Waals surface area (Å²) in [7, 11) is 0. The molecular weight excluding hydrogens is 306 g/mol. The summed E-state index contributed by atoms with van der Waals surface area (Å²) in [5.74, 6) is -0.136. The van der Waals surface area contributed by atoms with E-state index in [1.807, 2.05) is 60.8 Å². The van der Waals surface area contributed by atoms with Gasteiger partial charge in [-0.2, -0.15) is 5.10 Å². The number of nitrogens with zero attached hydrogens (tertiary/aromatic N) is 2. The maximum absolute atomic E-state index is 12.5. The van der Waals surface area contributed by atoms with Gasteiger partial charge in [-0.15, -0.1) is 11.3 Å². The molecule has 0 bridgehead atoms. The highest BCUT2D eigenvalue weighted by Gasteiger charge is 2.18. The van der Waals surface area contributed by atoms with Crippen LogP contribution in [0.3, 0.4) is 0 Å². The van der Waals surface area contributed by atoms with E-state index in [4.69, 9.17) is 0 Å².